The van der Waals surface area contributed by atoms with E-state index in [0.29, 0.717) is 25.3 Å². The number of aliphatic hydroxyl groups is 1. The Hall–Kier alpha value is -2.53. The summed E-state index contributed by atoms with van der Waals surface area (Å²) in [5.41, 5.74) is 2.52. The summed E-state index contributed by atoms with van der Waals surface area (Å²) in [6.07, 6.45) is 0.730. The normalized spacial score (nSPS) is 23.8. The van der Waals surface area contributed by atoms with Gasteiger partial charge in [-0.2, -0.15) is 0 Å². The molecule has 1 N–H and O–H groups in total. The smallest absolute Gasteiger partial charge is 0.253 e. The first kappa shape index (κ1) is 17.9. The number of carbonyl (C=O) groups is 1. The molecule has 2 heterocycles. The minimum atomic E-state index is -0.341. The third-order valence-electron chi connectivity index (χ3n) is 6.00. The first-order valence-corrected chi connectivity index (χ1v) is 9.41. The monoisotopic (exact) mass is 366 g/mol. The lowest BCUT2D eigenvalue weighted by Crippen LogP contribution is -2.38. The van der Waals surface area contributed by atoms with Crippen LogP contribution in [0.25, 0.3) is 0 Å². The van der Waals surface area contributed by atoms with Crippen molar-refractivity contribution in [1.29, 1.82) is 0 Å². The molecule has 0 aliphatic carbocycles. The third-order valence-corrected chi connectivity index (χ3v) is 6.00. The molecular formula is C22H26N2O3. The molecule has 0 aromatic heterocycles. The Morgan fingerprint density at radius 1 is 1.22 bits per heavy atom. The fourth-order valence-corrected chi connectivity index (χ4v) is 4.30. The largest absolute Gasteiger partial charge is 0.493 e. The highest BCUT2D eigenvalue weighted by atomic mass is 16.5. The van der Waals surface area contributed by atoms with Crippen LogP contribution in [0.2, 0.25) is 0 Å². The highest BCUT2D eigenvalue weighted by Gasteiger charge is 2.49. The van der Waals surface area contributed by atoms with Crippen LogP contribution in [0.3, 0.4) is 0 Å². The van der Waals surface area contributed by atoms with Crippen LogP contribution in [-0.4, -0.2) is 56.3 Å². The Bertz CT molecular complexity index is 834. The van der Waals surface area contributed by atoms with Crippen LogP contribution in [-0.2, 0) is 6.42 Å². The predicted octanol–water partition coefficient (Wildman–Crippen LogP) is 2.44. The Balaban J connectivity index is 1.57. The van der Waals surface area contributed by atoms with Crippen LogP contribution >= 0.6 is 0 Å². The Kier molecular flexibility index (Phi) is 4.56. The van der Waals surface area contributed by atoms with Gasteiger partial charge in [-0.25, -0.2) is 0 Å². The maximum Gasteiger partial charge on any atom is 0.253 e. The van der Waals surface area contributed by atoms with Crippen LogP contribution in [0.5, 0.6) is 5.75 Å². The number of para-hydroxylation sites is 1. The number of amides is 1. The number of ether oxygens (including phenoxy) is 1. The number of anilines is 1. The van der Waals surface area contributed by atoms with Crippen LogP contribution < -0.4 is 9.64 Å². The zero-order chi connectivity index (χ0) is 19.0. The number of likely N-dealkylation sites (tertiary alicyclic amines) is 1. The summed E-state index contributed by atoms with van der Waals surface area (Å²) < 4.78 is 6.01. The van der Waals surface area contributed by atoms with E-state index in [-0.39, 0.29) is 23.8 Å². The van der Waals surface area contributed by atoms with Crippen molar-refractivity contribution in [3.63, 3.8) is 0 Å². The van der Waals surface area contributed by atoms with Crippen LogP contribution in [0.15, 0.2) is 48.5 Å². The summed E-state index contributed by atoms with van der Waals surface area (Å²) in [5.74, 6) is 1.05. The highest BCUT2D eigenvalue weighted by Crippen LogP contribution is 2.43. The van der Waals surface area contributed by atoms with Gasteiger partial charge in [0.05, 0.1) is 13.2 Å². The molecule has 1 amide bonds. The molecule has 0 bridgehead atoms. The van der Waals surface area contributed by atoms with E-state index < -0.39 is 0 Å². The molecule has 2 atom stereocenters. The van der Waals surface area contributed by atoms with Gasteiger partial charge in [-0.3, -0.25) is 4.79 Å². The molecule has 0 saturated carbocycles. The number of aliphatic hydroxyl groups excluding tert-OH is 1. The minimum Gasteiger partial charge on any atom is -0.493 e. The number of fused-ring (bicyclic) bond motifs is 2. The van der Waals surface area contributed by atoms with Crippen molar-refractivity contribution in [2.45, 2.75) is 6.42 Å². The molecule has 2 aliphatic rings. The Morgan fingerprint density at radius 3 is 2.67 bits per heavy atom. The van der Waals surface area contributed by atoms with E-state index in [4.69, 9.17) is 4.74 Å². The molecule has 1 fully saturated rings. The van der Waals surface area contributed by atoms with Gasteiger partial charge < -0.3 is 19.6 Å². The van der Waals surface area contributed by atoms with E-state index in [1.807, 2.05) is 66.4 Å². The molecule has 0 radical (unpaired) electrons. The number of benzene rings is 2. The second-order valence-corrected chi connectivity index (χ2v) is 7.94. The first-order chi connectivity index (χ1) is 13.0. The molecule has 27 heavy (non-hydrogen) atoms. The summed E-state index contributed by atoms with van der Waals surface area (Å²) in [7, 11) is 3.96. The molecule has 0 unspecified atom stereocenters. The highest BCUT2D eigenvalue weighted by molar-refractivity contribution is 5.94. The van der Waals surface area contributed by atoms with Gasteiger partial charge in [-0.1, -0.05) is 18.2 Å². The van der Waals surface area contributed by atoms with Crippen LogP contribution in [0.4, 0.5) is 5.69 Å². The molecule has 2 aromatic carbocycles. The zero-order valence-electron chi connectivity index (χ0n) is 15.9. The average Bonchev–Trinajstić information content (AvgIpc) is 2.98. The summed E-state index contributed by atoms with van der Waals surface area (Å²) in [6, 6.07) is 15.7. The molecule has 0 spiro atoms. The summed E-state index contributed by atoms with van der Waals surface area (Å²) >= 11 is 0. The van der Waals surface area contributed by atoms with Crippen molar-refractivity contribution in [3.05, 3.63) is 59.7 Å². The van der Waals surface area contributed by atoms with Crippen molar-refractivity contribution >= 4 is 11.6 Å². The third kappa shape index (κ3) is 3.16. The SMILES string of the molecule is CN(C)c1ccc(C(=O)N2C[C@@H]3COc4ccccc4C[C@]3(CO)C2)cc1. The fourth-order valence-electron chi connectivity index (χ4n) is 4.30. The van der Waals surface area contributed by atoms with Gasteiger partial charge >= 0.3 is 0 Å². The zero-order valence-corrected chi connectivity index (χ0v) is 15.9. The predicted molar refractivity (Wildman–Crippen MR) is 105 cm³/mol. The maximum atomic E-state index is 13.1. The van der Waals surface area contributed by atoms with Gasteiger partial charge in [0.15, 0.2) is 0 Å². The standard InChI is InChI=1S/C22H26N2O3/c1-23(2)19-9-7-16(8-10-19)21(26)24-12-18-13-27-20-6-4-3-5-17(20)11-22(18,14-24)15-25/h3-10,18,25H,11-15H2,1-2H3/t18-,22-/m1/s1. The van der Waals surface area contributed by atoms with Gasteiger partial charge in [0.25, 0.3) is 5.91 Å². The second-order valence-electron chi connectivity index (χ2n) is 7.94. The molecular weight excluding hydrogens is 340 g/mol. The molecule has 5 nitrogen and oxygen atoms in total. The maximum absolute atomic E-state index is 13.1. The number of hydrogen-bond acceptors (Lipinski definition) is 4. The number of nitrogens with zero attached hydrogens (tertiary/aromatic N) is 2. The minimum absolute atomic E-state index is 0.0227. The van der Waals surface area contributed by atoms with E-state index in [1.54, 1.807) is 0 Å². The Labute approximate surface area is 160 Å². The summed E-state index contributed by atoms with van der Waals surface area (Å²) in [4.78, 5) is 16.9. The van der Waals surface area contributed by atoms with Crippen molar-refractivity contribution in [3.8, 4) is 5.75 Å². The average molecular weight is 366 g/mol. The molecule has 1 saturated heterocycles. The number of carbonyl (C=O) groups excluding carboxylic acids is 1. The molecule has 2 aliphatic heterocycles. The van der Waals surface area contributed by atoms with Crippen LogP contribution in [0.1, 0.15) is 15.9 Å². The van der Waals surface area contributed by atoms with E-state index >= 15 is 0 Å². The number of hydrogen-bond donors (Lipinski definition) is 1. The molecule has 142 valence electrons. The lowest BCUT2D eigenvalue weighted by Gasteiger charge is -2.30. The van der Waals surface area contributed by atoms with Crippen molar-refractivity contribution in [2.75, 3.05) is 45.3 Å². The quantitative estimate of drug-likeness (QED) is 0.907. The van der Waals surface area contributed by atoms with Gasteiger partial charge in [0.1, 0.15) is 5.75 Å². The van der Waals surface area contributed by atoms with Crippen LogP contribution in [0, 0.1) is 11.3 Å². The summed E-state index contributed by atoms with van der Waals surface area (Å²) in [6.45, 7) is 1.75. The van der Waals surface area contributed by atoms with E-state index in [0.717, 1.165) is 23.4 Å². The van der Waals surface area contributed by atoms with E-state index in [1.165, 1.54) is 0 Å². The topological polar surface area (TPSA) is 53.0 Å². The van der Waals surface area contributed by atoms with Gasteiger partial charge in [0, 0.05) is 49.8 Å². The van der Waals surface area contributed by atoms with Gasteiger partial charge in [-0.15, -0.1) is 0 Å². The van der Waals surface area contributed by atoms with Gasteiger partial charge in [-0.05, 0) is 42.3 Å². The van der Waals surface area contributed by atoms with E-state index in [9.17, 15) is 9.90 Å². The van der Waals surface area contributed by atoms with Crippen molar-refractivity contribution < 1.29 is 14.6 Å². The van der Waals surface area contributed by atoms with Gasteiger partial charge in [0.2, 0.25) is 0 Å². The summed E-state index contributed by atoms with van der Waals surface area (Å²) in [5, 5.41) is 10.3. The Morgan fingerprint density at radius 2 is 1.96 bits per heavy atom. The second kappa shape index (κ2) is 6.89. The lowest BCUT2D eigenvalue weighted by atomic mass is 9.75. The number of rotatable bonds is 3. The van der Waals surface area contributed by atoms with E-state index in [2.05, 4.69) is 6.07 Å². The molecule has 2 aromatic rings. The molecule has 4 rings (SSSR count). The first-order valence-electron chi connectivity index (χ1n) is 9.41. The fraction of sp³-hybridized carbons (Fsp3) is 0.409. The van der Waals surface area contributed by atoms with Crippen molar-refractivity contribution in [2.24, 2.45) is 11.3 Å². The van der Waals surface area contributed by atoms with Crippen molar-refractivity contribution in [1.82, 2.24) is 4.90 Å². The molecule has 5 heteroatoms. The lowest BCUT2D eigenvalue weighted by molar-refractivity contribution is 0.0694.